The van der Waals surface area contributed by atoms with Crippen LogP contribution < -0.4 is 16.0 Å². The van der Waals surface area contributed by atoms with Crippen molar-refractivity contribution in [1.82, 2.24) is 16.0 Å². The van der Waals surface area contributed by atoms with Gasteiger partial charge in [0.15, 0.2) is 0 Å². The molecule has 0 aliphatic carbocycles. The fourth-order valence-electron chi connectivity index (χ4n) is 2.00. The molecule has 2 amide bonds. The van der Waals surface area contributed by atoms with Gasteiger partial charge in [-0.1, -0.05) is 6.92 Å². The molecule has 3 atom stereocenters. The van der Waals surface area contributed by atoms with E-state index in [4.69, 9.17) is 0 Å². The molecule has 17 heavy (non-hydrogen) atoms. The summed E-state index contributed by atoms with van der Waals surface area (Å²) in [6.07, 6.45) is 1.74. The van der Waals surface area contributed by atoms with Crippen LogP contribution in [0.25, 0.3) is 0 Å². The van der Waals surface area contributed by atoms with Crippen LogP contribution in [-0.2, 0) is 9.59 Å². The lowest BCUT2D eigenvalue weighted by molar-refractivity contribution is -0.130. The number of hydrogen-bond donors (Lipinski definition) is 3. The summed E-state index contributed by atoms with van der Waals surface area (Å²) in [4.78, 5) is 23.5. The molecule has 3 N–H and O–H groups in total. The van der Waals surface area contributed by atoms with Crippen molar-refractivity contribution < 1.29 is 9.59 Å². The molecule has 0 radical (unpaired) electrons. The summed E-state index contributed by atoms with van der Waals surface area (Å²) in [5, 5.41) is 8.77. The Balaban J connectivity index is 2.37. The zero-order valence-corrected chi connectivity index (χ0v) is 10.9. The average molecular weight is 241 g/mol. The second-order valence-corrected chi connectivity index (χ2v) is 4.66. The molecule has 0 aromatic rings. The van der Waals surface area contributed by atoms with E-state index in [0.29, 0.717) is 6.54 Å². The first-order valence-electron chi connectivity index (χ1n) is 6.37. The van der Waals surface area contributed by atoms with Gasteiger partial charge in [0.05, 0.1) is 5.92 Å². The van der Waals surface area contributed by atoms with E-state index in [2.05, 4.69) is 16.0 Å². The van der Waals surface area contributed by atoms with Crippen LogP contribution in [0.3, 0.4) is 0 Å². The van der Waals surface area contributed by atoms with Gasteiger partial charge in [-0.2, -0.15) is 0 Å². The molecule has 1 heterocycles. The Hall–Kier alpha value is -1.10. The van der Waals surface area contributed by atoms with Gasteiger partial charge in [0.25, 0.3) is 0 Å². The highest BCUT2D eigenvalue weighted by Gasteiger charge is 2.30. The lowest BCUT2D eigenvalue weighted by atomic mass is 10.0. The van der Waals surface area contributed by atoms with Crippen LogP contribution in [-0.4, -0.2) is 37.0 Å². The van der Waals surface area contributed by atoms with Gasteiger partial charge in [0, 0.05) is 12.6 Å². The highest BCUT2D eigenvalue weighted by molar-refractivity contribution is 5.88. The maximum Gasteiger partial charge on any atom is 0.242 e. The van der Waals surface area contributed by atoms with Crippen molar-refractivity contribution in [2.45, 2.75) is 45.7 Å². The number of rotatable bonds is 5. The first-order chi connectivity index (χ1) is 8.06. The molecule has 0 spiro atoms. The largest absolute Gasteiger partial charge is 0.354 e. The molecule has 1 rings (SSSR count). The SMILES string of the molecule is CCCNC(=O)C(C)NC(=O)C1CCNC1C. The van der Waals surface area contributed by atoms with Crippen LogP contribution in [0.15, 0.2) is 0 Å². The molecule has 98 valence electrons. The van der Waals surface area contributed by atoms with E-state index in [1.807, 2.05) is 13.8 Å². The molecule has 1 aliphatic rings. The molecule has 0 bridgehead atoms. The van der Waals surface area contributed by atoms with Crippen molar-refractivity contribution in [3.8, 4) is 0 Å². The fraction of sp³-hybridized carbons (Fsp3) is 0.833. The average Bonchev–Trinajstić information content (AvgIpc) is 2.72. The van der Waals surface area contributed by atoms with Gasteiger partial charge in [0.2, 0.25) is 11.8 Å². The normalized spacial score (nSPS) is 25.4. The maximum absolute atomic E-state index is 11.9. The van der Waals surface area contributed by atoms with Crippen molar-refractivity contribution >= 4 is 11.8 Å². The number of hydrogen-bond acceptors (Lipinski definition) is 3. The van der Waals surface area contributed by atoms with Crippen LogP contribution in [0, 0.1) is 5.92 Å². The molecule has 1 fully saturated rings. The molecule has 0 aromatic carbocycles. The van der Waals surface area contributed by atoms with Gasteiger partial charge >= 0.3 is 0 Å². The minimum Gasteiger partial charge on any atom is -0.354 e. The zero-order chi connectivity index (χ0) is 12.8. The van der Waals surface area contributed by atoms with Crippen LogP contribution in [0.1, 0.15) is 33.6 Å². The van der Waals surface area contributed by atoms with E-state index < -0.39 is 6.04 Å². The predicted octanol–water partition coefficient (Wildman–Crippen LogP) is 0.0153. The topological polar surface area (TPSA) is 70.2 Å². The lowest BCUT2D eigenvalue weighted by Crippen LogP contribution is -2.48. The molecule has 3 unspecified atom stereocenters. The molecule has 5 nitrogen and oxygen atoms in total. The Morgan fingerprint density at radius 3 is 2.71 bits per heavy atom. The summed E-state index contributed by atoms with van der Waals surface area (Å²) in [5.74, 6) is -0.156. The van der Waals surface area contributed by atoms with Crippen molar-refractivity contribution in [2.75, 3.05) is 13.1 Å². The highest BCUT2D eigenvalue weighted by atomic mass is 16.2. The second kappa shape index (κ2) is 6.59. The monoisotopic (exact) mass is 241 g/mol. The van der Waals surface area contributed by atoms with E-state index in [0.717, 1.165) is 19.4 Å². The first kappa shape index (κ1) is 14.0. The van der Waals surface area contributed by atoms with Crippen molar-refractivity contribution in [1.29, 1.82) is 0 Å². The van der Waals surface area contributed by atoms with Gasteiger partial charge in [-0.05, 0) is 33.2 Å². The van der Waals surface area contributed by atoms with Gasteiger partial charge in [-0.15, -0.1) is 0 Å². The third kappa shape index (κ3) is 4.00. The lowest BCUT2D eigenvalue weighted by Gasteiger charge is -2.19. The molecule has 5 heteroatoms. The summed E-state index contributed by atoms with van der Waals surface area (Å²) in [6.45, 7) is 7.24. The van der Waals surface area contributed by atoms with Gasteiger partial charge in [0.1, 0.15) is 6.04 Å². The molecule has 0 saturated carbocycles. The third-order valence-corrected chi connectivity index (χ3v) is 3.16. The van der Waals surface area contributed by atoms with Crippen LogP contribution >= 0.6 is 0 Å². The Bertz CT molecular complexity index is 281. The number of nitrogens with one attached hydrogen (secondary N) is 3. The molecule has 0 aromatic heterocycles. The van der Waals surface area contributed by atoms with Crippen LogP contribution in [0.2, 0.25) is 0 Å². The Morgan fingerprint density at radius 1 is 1.47 bits per heavy atom. The first-order valence-corrected chi connectivity index (χ1v) is 6.37. The van der Waals surface area contributed by atoms with E-state index in [9.17, 15) is 9.59 Å². The van der Waals surface area contributed by atoms with E-state index >= 15 is 0 Å². The predicted molar refractivity (Wildman–Crippen MR) is 66.5 cm³/mol. The third-order valence-electron chi connectivity index (χ3n) is 3.16. The standard InChI is InChI=1S/C12H23N3O2/c1-4-6-14-11(16)9(3)15-12(17)10-5-7-13-8(10)2/h8-10,13H,4-7H2,1-3H3,(H,14,16)(H,15,17). The Morgan fingerprint density at radius 2 is 2.18 bits per heavy atom. The Labute approximate surface area is 103 Å². The van der Waals surface area contributed by atoms with Gasteiger partial charge in [-0.3, -0.25) is 9.59 Å². The molecule has 1 saturated heterocycles. The Kier molecular flexibility index (Phi) is 5.41. The van der Waals surface area contributed by atoms with Crippen molar-refractivity contribution in [3.63, 3.8) is 0 Å². The molecular formula is C12H23N3O2. The van der Waals surface area contributed by atoms with Gasteiger partial charge < -0.3 is 16.0 Å². The molecular weight excluding hydrogens is 218 g/mol. The van der Waals surface area contributed by atoms with Gasteiger partial charge in [-0.25, -0.2) is 0 Å². The summed E-state index contributed by atoms with van der Waals surface area (Å²) >= 11 is 0. The summed E-state index contributed by atoms with van der Waals surface area (Å²) in [5.41, 5.74) is 0. The second-order valence-electron chi connectivity index (χ2n) is 4.66. The summed E-state index contributed by atoms with van der Waals surface area (Å²) in [7, 11) is 0. The number of carbonyl (C=O) groups is 2. The van der Waals surface area contributed by atoms with Crippen LogP contribution in [0.4, 0.5) is 0 Å². The fourth-order valence-corrected chi connectivity index (χ4v) is 2.00. The summed E-state index contributed by atoms with van der Waals surface area (Å²) in [6, 6.07) is -0.261. The van der Waals surface area contributed by atoms with E-state index in [1.54, 1.807) is 6.92 Å². The quantitative estimate of drug-likeness (QED) is 0.635. The minimum absolute atomic E-state index is 0.0172. The van der Waals surface area contributed by atoms with Crippen molar-refractivity contribution in [2.24, 2.45) is 5.92 Å². The maximum atomic E-state index is 11.9. The summed E-state index contributed by atoms with van der Waals surface area (Å²) < 4.78 is 0. The minimum atomic E-state index is -0.457. The smallest absolute Gasteiger partial charge is 0.242 e. The molecule has 1 aliphatic heterocycles. The van der Waals surface area contributed by atoms with E-state index in [-0.39, 0.29) is 23.8 Å². The number of amides is 2. The van der Waals surface area contributed by atoms with Crippen LogP contribution in [0.5, 0.6) is 0 Å². The number of carbonyl (C=O) groups excluding carboxylic acids is 2. The zero-order valence-electron chi connectivity index (χ0n) is 10.9. The van der Waals surface area contributed by atoms with E-state index in [1.165, 1.54) is 0 Å². The van der Waals surface area contributed by atoms with Crippen molar-refractivity contribution in [3.05, 3.63) is 0 Å². The highest BCUT2D eigenvalue weighted by Crippen LogP contribution is 2.15.